The number of H-pyrrole nitrogens is 1. The Bertz CT molecular complexity index is 817. The van der Waals surface area contributed by atoms with E-state index in [1.165, 1.54) is 4.40 Å². The van der Waals surface area contributed by atoms with Crippen LogP contribution in [-0.2, 0) is 11.3 Å². The van der Waals surface area contributed by atoms with Gasteiger partial charge in [-0.1, -0.05) is 6.07 Å². The Morgan fingerprint density at radius 2 is 2.33 bits per heavy atom. The number of nitrogens with one attached hydrogen (secondary N) is 2. The van der Waals surface area contributed by atoms with Crippen molar-refractivity contribution in [3.63, 3.8) is 0 Å². The smallest absolute Gasteiger partial charge is 0.347 e. The highest BCUT2D eigenvalue weighted by atomic mass is 16.2. The molecule has 1 unspecified atom stereocenters. The molecule has 0 spiro atoms. The molecular formula is C13H14N6O2. The van der Waals surface area contributed by atoms with Gasteiger partial charge < -0.3 is 10.3 Å². The lowest BCUT2D eigenvalue weighted by Gasteiger charge is -2.10. The van der Waals surface area contributed by atoms with E-state index >= 15 is 0 Å². The van der Waals surface area contributed by atoms with Crippen LogP contribution < -0.4 is 11.0 Å². The number of imidazole rings is 1. The Morgan fingerprint density at radius 1 is 1.48 bits per heavy atom. The number of carbonyl (C=O) groups is 1. The van der Waals surface area contributed by atoms with Crippen LogP contribution in [0.25, 0.3) is 5.65 Å². The maximum atomic E-state index is 12.0. The molecular weight excluding hydrogens is 272 g/mol. The van der Waals surface area contributed by atoms with Gasteiger partial charge >= 0.3 is 5.69 Å². The van der Waals surface area contributed by atoms with Gasteiger partial charge in [-0.05, 0) is 19.1 Å². The van der Waals surface area contributed by atoms with Crippen LogP contribution in [0.5, 0.6) is 0 Å². The summed E-state index contributed by atoms with van der Waals surface area (Å²) >= 11 is 0. The number of amides is 1. The standard InChI is InChI=1S/C13H14N6O2/c1-9(12-14-5-6-15-12)16-11(20)8-19-13(21)18-7-3-2-4-10(18)17-19/h2-7,9H,8H2,1H3,(H,14,15)(H,16,20). The first-order valence-corrected chi connectivity index (χ1v) is 6.48. The minimum Gasteiger partial charge on any atom is -0.347 e. The lowest BCUT2D eigenvalue weighted by atomic mass is 10.3. The highest BCUT2D eigenvalue weighted by molar-refractivity contribution is 5.76. The summed E-state index contributed by atoms with van der Waals surface area (Å²) in [5.41, 5.74) is 0.167. The van der Waals surface area contributed by atoms with Gasteiger partial charge in [0.1, 0.15) is 12.4 Å². The van der Waals surface area contributed by atoms with E-state index in [9.17, 15) is 9.59 Å². The number of pyridine rings is 1. The van der Waals surface area contributed by atoms with Gasteiger partial charge in [0, 0.05) is 18.6 Å². The maximum Gasteiger partial charge on any atom is 0.350 e. The average molecular weight is 286 g/mol. The van der Waals surface area contributed by atoms with Gasteiger partial charge in [-0.3, -0.25) is 9.20 Å². The Hall–Kier alpha value is -2.90. The molecule has 0 saturated heterocycles. The van der Waals surface area contributed by atoms with Crippen molar-refractivity contribution in [2.45, 2.75) is 19.5 Å². The molecule has 1 amide bonds. The second-order valence-corrected chi connectivity index (χ2v) is 4.63. The van der Waals surface area contributed by atoms with Crippen LogP contribution in [0.15, 0.2) is 41.6 Å². The van der Waals surface area contributed by atoms with E-state index in [4.69, 9.17) is 0 Å². The number of hydrogen-bond donors (Lipinski definition) is 2. The molecule has 3 rings (SSSR count). The summed E-state index contributed by atoms with van der Waals surface area (Å²) in [6, 6.07) is 4.96. The summed E-state index contributed by atoms with van der Waals surface area (Å²) < 4.78 is 2.53. The van der Waals surface area contributed by atoms with Crippen molar-refractivity contribution >= 4 is 11.6 Å². The summed E-state index contributed by atoms with van der Waals surface area (Å²) in [4.78, 5) is 31.0. The SMILES string of the molecule is CC(NC(=O)Cn1nc2ccccn2c1=O)c1ncc[nH]1. The molecule has 0 aliphatic heterocycles. The lowest BCUT2D eigenvalue weighted by molar-refractivity contribution is -0.122. The number of carbonyl (C=O) groups excluding carboxylic acids is 1. The van der Waals surface area contributed by atoms with Crippen molar-refractivity contribution in [2.24, 2.45) is 0 Å². The van der Waals surface area contributed by atoms with Crippen LogP contribution in [0.3, 0.4) is 0 Å². The Labute approximate surface area is 119 Å². The van der Waals surface area contributed by atoms with E-state index in [2.05, 4.69) is 20.4 Å². The first-order valence-electron chi connectivity index (χ1n) is 6.48. The van der Waals surface area contributed by atoms with Crippen LogP contribution >= 0.6 is 0 Å². The molecule has 1 atom stereocenters. The zero-order valence-electron chi connectivity index (χ0n) is 11.4. The normalized spacial score (nSPS) is 12.4. The van der Waals surface area contributed by atoms with E-state index in [1.54, 1.807) is 36.8 Å². The van der Waals surface area contributed by atoms with Gasteiger partial charge in [0.25, 0.3) is 0 Å². The largest absolute Gasteiger partial charge is 0.350 e. The van der Waals surface area contributed by atoms with Crippen molar-refractivity contribution in [1.29, 1.82) is 0 Å². The molecule has 0 bridgehead atoms. The van der Waals surface area contributed by atoms with Crippen LogP contribution in [0, 0.1) is 0 Å². The summed E-state index contributed by atoms with van der Waals surface area (Å²) in [6.07, 6.45) is 4.92. The quantitative estimate of drug-likeness (QED) is 0.710. The van der Waals surface area contributed by atoms with Gasteiger partial charge in [-0.15, -0.1) is 5.10 Å². The Morgan fingerprint density at radius 3 is 3.05 bits per heavy atom. The molecule has 2 N–H and O–H groups in total. The molecule has 3 aromatic heterocycles. The molecule has 0 saturated carbocycles. The predicted octanol–water partition coefficient (Wildman–Crippen LogP) is 0.0965. The first kappa shape index (κ1) is 13.1. The molecule has 108 valence electrons. The highest BCUT2D eigenvalue weighted by Gasteiger charge is 2.14. The summed E-state index contributed by atoms with van der Waals surface area (Å²) in [5, 5.41) is 6.87. The van der Waals surface area contributed by atoms with Crippen molar-refractivity contribution < 1.29 is 4.79 Å². The minimum absolute atomic E-state index is 0.133. The molecule has 0 aromatic carbocycles. The fourth-order valence-electron chi connectivity index (χ4n) is 2.08. The number of nitrogens with zero attached hydrogens (tertiary/aromatic N) is 4. The Balaban J connectivity index is 1.74. The van der Waals surface area contributed by atoms with E-state index in [1.807, 2.05) is 6.92 Å². The van der Waals surface area contributed by atoms with Gasteiger partial charge in [-0.2, -0.15) is 0 Å². The van der Waals surface area contributed by atoms with Gasteiger partial charge in [-0.25, -0.2) is 14.5 Å². The molecule has 0 aliphatic rings. The molecule has 21 heavy (non-hydrogen) atoms. The average Bonchev–Trinajstić information content (AvgIpc) is 3.09. The number of rotatable bonds is 4. The van der Waals surface area contributed by atoms with E-state index in [0.717, 1.165) is 4.68 Å². The van der Waals surface area contributed by atoms with Crippen molar-refractivity contribution in [2.75, 3.05) is 0 Å². The zero-order valence-corrected chi connectivity index (χ0v) is 11.4. The van der Waals surface area contributed by atoms with Crippen LogP contribution in [0.4, 0.5) is 0 Å². The van der Waals surface area contributed by atoms with Crippen LogP contribution in [0.2, 0.25) is 0 Å². The predicted molar refractivity (Wildman–Crippen MR) is 74.6 cm³/mol. The summed E-state index contributed by atoms with van der Waals surface area (Å²) in [5.74, 6) is 0.357. The molecule has 3 aromatic rings. The molecule has 8 nitrogen and oxygen atoms in total. The van der Waals surface area contributed by atoms with Crippen molar-refractivity contribution in [3.8, 4) is 0 Å². The van der Waals surface area contributed by atoms with Crippen LogP contribution in [-0.4, -0.2) is 30.1 Å². The summed E-state index contributed by atoms with van der Waals surface area (Å²) in [7, 11) is 0. The second-order valence-electron chi connectivity index (χ2n) is 4.63. The lowest BCUT2D eigenvalue weighted by Crippen LogP contribution is -2.34. The molecule has 8 heteroatoms. The van der Waals surface area contributed by atoms with Gasteiger partial charge in [0.2, 0.25) is 5.91 Å². The van der Waals surface area contributed by atoms with Crippen LogP contribution in [0.1, 0.15) is 18.8 Å². The molecule has 3 heterocycles. The van der Waals surface area contributed by atoms with E-state index in [-0.39, 0.29) is 24.2 Å². The number of aromatic amines is 1. The highest BCUT2D eigenvalue weighted by Crippen LogP contribution is 2.04. The molecule has 0 aliphatic carbocycles. The van der Waals surface area contributed by atoms with Crippen molar-refractivity contribution in [3.05, 3.63) is 53.1 Å². The number of aromatic nitrogens is 5. The minimum atomic E-state index is -0.341. The third-order valence-corrected chi connectivity index (χ3v) is 3.09. The Kier molecular flexibility index (Phi) is 3.27. The first-order chi connectivity index (χ1) is 10.1. The second kappa shape index (κ2) is 5.23. The van der Waals surface area contributed by atoms with Gasteiger partial charge in [0.05, 0.1) is 6.04 Å². The maximum absolute atomic E-state index is 12.0. The van der Waals surface area contributed by atoms with Crippen molar-refractivity contribution in [1.82, 2.24) is 29.5 Å². The van der Waals surface area contributed by atoms with E-state index < -0.39 is 0 Å². The third kappa shape index (κ3) is 2.55. The zero-order chi connectivity index (χ0) is 14.8. The monoisotopic (exact) mass is 286 g/mol. The third-order valence-electron chi connectivity index (χ3n) is 3.09. The topological polar surface area (TPSA) is 97.1 Å². The molecule has 0 radical (unpaired) electrons. The fraction of sp³-hybridized carbons (Fsp3) is 0.231. The summed E-state index contributed by atoms with van der Waals surface area (Å²) in [6.45, 7) is 1.68. The molecule has 0 fully saturated rings. The number of hydrogen-bond acceptors (Lipinski definition) is 4. The number of fused-ring (bicyclic) bond motifs is 1. The fourth-order valence-corrected chi connectivity index (χ4v) is 2.08. The van der Waals surface area contributed by atoms with Gasteiger partial charge in [0.15, 0.2) is 5.65 Å². The van der Waals surface area contributed by atoms with E-state index in [0.29, 0.717) is 11.5 Å².